The number of amides is 2. The van der Waals surface area contributed by atoms with Crippen molar-refractivity contribution >= 4 is 17.8 Å². The maximum atomic E-state index is 12.0. The van der Waals surface area contributed by atoms with Gasteiger partial charge < -0.3 is 10.2 Å². The molecule has 0 heterocycles. The van der Waals surface area contributed by atoms with Gasteiger partial charge in [-0.05, 0) is 18.2 Å². The summed E-state index contributed by atoms with van der Waals surface area (Å²) in [5.41, 5.74) is 1.15. The van der Waals surface area contributed by atoms with Gasteiger partial charge in [0.25, 0.3) is 0 Å². The van der Waals surface area contributed by atoms with Crippen LogP contribution >= 0.6 is 11.8 Å². The quantitative estimate of drug-likeness (QED) is 0.858. The van der Waals surface area contributed by atoms with Gasteiger partial charge in [-0.3, -0.25) is 0 Å². The van der Waals surface area contributed by atoms with E-state index in [4.69, 9.17) is 0 Å². The van der Waals surface area contributed by atoms with Gasteiger partial charge in [0.05, 0.1) is 0 Å². The number of carbonyl (C=O) groups is 1. The molecule has 0 saturated heterocycles. The maximum absolute atomic E-state index is 12.0. The van der Waals surface area contributed by atoms with Gasteiger partial charge in [0.1, 0.15) is 0 Å². The van der Waals surface area contributed by atoms with Gasteiger partial charge in [-0.2, -0.15) is 11.8 Å². The molecule has 1 aromatic carbocycles. The molecule has 0 aliphatic rings. The summed E-state index contributed by atoms with van der Waals surface area (Å²) in [5, 5.41) is 3.05. The van der Waals surface area contributed by atoms with Crippen LogP contribution in [0.15, 0.2) is 30.3 Å². The summed E-state index contributed by atoms with van der Waals surface area (Å²) in [4.78, 5) is 13.7. The predicted molar refractivity (Wildman–Crippen MR) is 78.9 cm³/mol. The largest absolute Gasteiger partial charge is 0.334 e. The zero-order valence-electron chi connectivity index (χ0n) is 11.3. The molecule has 0 aromatic heterocycles. The van der Waals surface area contributed by atoms with Crippen molar-refractivity contribution < 1.29 is 4.79 Å². The van der Waals surface area contributed by atoms with E-state index < -0.39 is 0 Å². The van der Waals surface area contributed by atoms with Crippen LogP contribution in [0.4, 0.5) is 4.79 Å². The van der Waals surface area contributed by atoms with Crippen molar-refractivity contribution in [2.24, 2.45) is 0 Å². The predicted octanol–water partition coefficient (Wildman–Crippen LogP) is 2.97. The Labute approximate surface area is 114 Å². The number of hydrogen-bond acceptors (Lipinski definition) is 2. The normalized spacial score (nSPS) is 11.9. The molecule has 0 unspecified atom stereocenters. The molecule has 3 nitrogen and oxygen atoms in total. The second-order valence-corrected chi connectivity index (χ2v) is 5.26. The minimum atomic E-state index is -0.000229. The highest BCUT2D eigenvalue weighted by atomic mass is 32.2. The van der Waals surface area contributed by atoms with Gasteiger partial charge in [0.15, 0.2) is 0 Å². The van der Waals surface area contributed by atoms with E-state index in [-0.39, 0.29) is 12.1 Å². The molecular formula is C14H22N2OS. The fourth-order valence-corrected chi connectivity index (χ4v) is 2.40. The number of urea groups is 1. The Morgan fingerprint density at radius 1 is 1.39 bits per heavy atom. The van der Waals surface area contributed by atoms with Crippen molar-refractivity contribution in [2.45, 2.75) is 25.9 Å². The average Bonchev–Trinajstić information content (AvgIpc) is 2.39. The monoisotopic (exact) mass is 266 g/mol. The third-order valence-corrected chi connectivity index (χ3v) is 3.53. The maximum Gasteiger partial charge on any atom is 0.317 e. The first-order valence-corrected chi connectivity index (χ1v) is 7.61. The number of nitrogens with zero attached hydrogens (tertiary/aromatic N) is 1. The van der Waals surface area contributed by atoms with Gasteiger partial charge in [0.2, 0.25) is 0 Å². The average molecular weight is 266 g/mol. The van der Waals surface area contributed by atoms with Gasteiger partial charge >= 0.3 is 6.03 Å². The Bertz CT molecular complexity index is 356. The van der Waals surface area contributed by atoms with Crippen molar-refractivity contribution in [2.75, 3.05) is 19.1 Å². The van der Waals surface area contributed by atoms with Crippen LogP contribution in [-0.2, 0) is 6.54 Å². The molecule has 0 saturated carbocycles. The molecule has 0 aliphatic carbocycles. The summed E-state index contributed by atoms with van der Waals surface area (Å²) in [5.74, 6) is 0.960. The summed E-state index contributed by atoms with van der Waals surface area (Å²) in [6, 6.07) is 10.3. The molecule has 1 N–H and O–H groups in total. The first-order valence-electron chi connectivity index (χ1n) is 6.21. The Hall–Kier alpha value is -1.16. The topological polar surface area (TPSA) is 32.3 Å². The van der Waals surface area contributed by atoms with E-state index in [9.17, 15) is 4.79 Å². The first kappa shape index (κ1) is 14.9. The van der Waals surface area contributed by atoms with E-state index in [1.165, 1.54) is 0 Å². The Morgan fingerprint density at radius 2 is 2.06 bits per heavy atom. The fraction of sp³-hybridized carbons (Fsp3) is 0.500. The van der Waals surface area contributed by atoms with Crippen LogP contribution in [0.2, 0.25) is 0 Å². The molecule has 2 amide bonds. The molecule has 4 heteroatoms. The third-order valence-electron chi connectivity index (χ3n) is 2.80. The molecule has 1 rings (SSSR count). The number of nitrogens with one attached hydrogen (secondary N) is 1. The minimum Gasteiger partial charge on any atom is -0.334 e. The lowest BCUT2D eigenvalue weighted by molar-refractivity contribution is 0.203. The second-order valence-electron chi connectivity index (χ2n) is 4.35. The van der Waals surface area contributed by atoms with Crippen LogP contribution in [-0.4, -0.2) is 36.0 Å². The number of benzene rings is 1. The van der Waals surface area contributed by atoms with Crippen LogP contribution in [0.1, 0.15) is 18.9 Å². The SMILES string of the molecule is CC[C@@H](CSC)NC(=O)N(C)Cc1ccccc1. The van der Waals surface area contributed by atoms with E-state index in [0.29, 0.717) is 6.54 Å². The summed E-state index contributed by atoms with van der Waals surface area (Å²) in [6.45, 7) is 2.74. The zero-order valence-corrected chi connectivity index (χ0v) is 12.2. The van der Waals surface area contributed by atoms with Gasteiger partial charge in [-0.25, -0.2) is 4.79 Å². The van der Waals surface area contributed by atoms with E-state index in [0.717, 1.165) is 17.7 Å². The number of hydrogen-bond donors (Lipinski definition) is 1. The zero-order chi connectivity index (χ0) is 13.4. The summed E-state index contributed by atoms with van der Waals surface area (Å²) >= 11 is 1.76. The molecule has 0 radical (unpaired) electrons. The smallest absolute Gasteiger partial charge is 0.317 e. The third kappa shape index (κ3) is 5.00. The highest BCUT2D eigenvalue weighted by Gasteiger charge is 2.13. The van der Waals surface area contributed by atoms with Crippen LogP contribution in [0, 0.1) is 0 Å². The van der Waals surface area contributed by atoms with E-state index in [1.54, 1.807) is 16.7 Å². The molecule has 100 valence electrons. The summed E-state index contributed by atoms with van der Waals surface area (Å²) in [7, 11) is 1.83. The van der Waals surface area contributed by atoms with Crippen molar-refractivity contribution in [1.82, 2.24) is 10.2 Å². The van der Waals surface area contributed by atoms with E-state index in [1.807, 2.05) is 37.4 Å². The van der Waals surface area contributed by atoms with Crippen LogP contribution in [0.5, 0.6) is 0 Å². The molecule has 0 aliphatic heterocycles. The summed E-state index contributed by atoms with van der Waals surface area (Å²) < 4.78 is 0. The highest BCUT2D eigenvalue weighted by Crippen LogP contribution is 2.05. The van der Waals surface area contributed by atoms with Crippen LogP contribution in [0.25, 0.3) is 0 Å². The van der Waals surface area contributed by atoms with Crippen LogP contribution < -0.4 is 5.32 Å². The van der Waals surface area contributed by atoms with E-state index in [2.05, 4.69) is 18.5 Å². The molecule has 0 fully saturated rings. The van der Waals surface area contributed by atoms with Crippen molar-refractivity contribution in [3.05, 3.63) is 35.9 Å². The minimum absolute atomic E-state index is 0.000229. The standard InChI is InChI=1S/C14H22N2OS/c1-4-13(11-18-3)15-14(17)16(2)10-12-8-6-5-7-9-12/h5-9,13H,4,10-11H2,1-3H3,(H,15,17)/t13-/m0/s1. The van der Waals surface area contributed by atoms with Gasteiger partial charge in [-0.15, -0.1) is 0 Å². The molecule has 0 spiro atoms. The lowest BCUT2D eigenvalue weighted by Gasteiger charge is -2.22. The Balaban J connectivity index is 2.46. The number of rotatable bonds is 6. The molecular weight excluding hydrogens is 244 g/mol. The lowest BCUT2D eigenvalue weighted by atomic mass is 10.2. The van der Waals surface area contributed by atoms with Gasteiger partial charge in [-0.1, -0.05) is 37.3 Å². The highest BCUT2D eigenvalue weighted by molar-refractivity contribution is 7.98. The number of carbonyl (C=O) groups excluding carboxylic acids is 1. The van der Waals surface area contributed by atoms with Crippen molar-refractivity contribution in [3.63, 3.8) is 0 Å². The lowest BCUT2D eigenvalue weighted by Crippen LogP contribution is -2.43. The first-order chi connectivity index (χ1) is 8.67. The van der Waals surface area contributed by atoms with Crippen molar-refractivity contribution in [3.8, 4) is 0 Å². The molecule has 1 aromatic rings. The van der Waals surface area contributed by atoms with E-state index >= 15 is 0 Å². The molecule has 1 atom stereocenters. The molecule has 18 heavy (non-hydrogen) atoms. The molecule has 0 bridgehead atoms. The number of thioether (sulfide) groups is 1. The van der Waals surface area contributed by atoms with Crippen LogP contribution in [0.3, 0.4) is 0 Å². The Morgan fingerprint density at radius 3 is 2.61 bits per heavy atom. The Kier molecular flexibility index (Phi) is 6.65. The second kappa shape index (κ2) is 8.03. The van der Waals surface area contributed by atoms with Gasteiger partial charge in [0, 0.05) is 25.4 Å². The van der Waals surface area contributed by atoms with Crippen molar-refractivity contribution in [1.29, 1.82) is 0 Å². The fourth-order valence-electron chi connectivity index (χ4n) is 1.68. The summed E-state index contributed by atoms with van der Waals surface area (Å²) in [6.07, 6.45) is 3.02.